The number of carbonyl (C=O) groups excluding carboxylic acids is 5. The first-order valence-electron chi connectivity index (χ1n) is 9.21. The Labute approximate surface area is 168 Å². The van der Waals surface area contributed by atoms with E-state index in [9.17, 15) is 24.0 Å². The number of ether oxygens (including phenoxy) is 2. The molecule has 1 rings (SSSR count). The van der Waals surface area contributed by atoms with Crippen molar-refractivity contribution in [2.45, 2.75) is 52.6 Å². The van der Waals surface area contributed by atoms with E-state index in [-0.39, 0.29) is 49.9 Å². The first-order valence-corrected chi connectivity index (χ1v) is 10.2. The van der Waals surface area contributed by atoms with Crippen LogP contribution >= 0.6 is 11.8 Å². The van der Waals surface area contributed by atoms with Gasteiger partial charge in [0.25, 0.3) is 5.91 Å². The summed E-state index contributed by atoms with van der Waals surface area (Å²) in [6, 6.07) is 0. The van der Waals surface area contributed by atoms with E-state index in [1.54, 1.807) is 20.8 Å². The van der Waals surface area contributed by atoms with Crippen molar-refractivity contribution in [2.24, 2.45) is 5.41 Å². The van der Waals surface area contributed by atoms with Gasteiger partial charge in [0, 0.05) is 43.5 Å². The van der Waals surface area contributed by atoms with Crippen LogP contribution in [0.5, 0.6) is 0 Å². The van der Waals surface area contributed by atoms with Gasteiger partial charge in [-0.15, -0.1) is 0 Å². The molecule has 0 saturated carbocycles. The van der Waals surface area contributed by atoms with Crippen LogP contribution in [-0.2, 0) is 33.4 Å². The van der Waals surface area contributed by atoms with Crippen LogP contribution in [0.15, 0.2) is 0 Å². The van der Waals surface area contributed by atoms with Gasteiger partial charge in [-0.05, 0) is 0 Å². The lowest BCUT2D eigenvalue weighted by Gasteiger charge is -2.32. The Bertz CT molecular complexity index is 607. The van der Waals surface area contributed by atoms with Gasteiger partial charge >= 0.3 is 11.9 Å². The zero-order valence-corrected chi connectivity index (χ0v) is 17.3. The van der Waals surface area contributed by atoms with Gasteiger partial charge in [0.1, 0.15) is 6.61 Å². The quantitative estimate of drug-likeness (QED) is 0.636. The van der Waals surface area contributed by atoms with E-state index in [0.29, 0.717) is 12.3 Å². The molecule has 0 aromatic carbocycles. The van der Waals surface area contributed by atoms with Crippen LogP contribution in [0.25, 0.3) is 0 Å². The van der Waals surface area contributed by atoms with Crippen LogP contribution in [-0.4, -0.2) is 60.4 Å². The Morgan fingerprint density at radius 3 is 2.54 bits per heavy atom. The Hall–Kier alpha value is -2.10. The van der Waals surface area contributed by atoms with E-state index in [2.05, 4.69) is 10.6 Å². The molecule has 1 atom stereocenters. The third-order valence-electron chi connectivity index (χ3n) is 3.96. The number of nitrogens with one attached hydrogen (secondary N) is 2. The predicted octanol–water partition coefficient (Wildman–Crippen LogP) is 0.554. The number of cyclic esters (lactones) is 1. The summed E-state index contributed by atoms with van der Waals surface area (Å²) in [5.41, 5.74) is -1.00. The highest BCUT2D eigenvalue weighted by Crippen LogP contribution is 2.25. The lowest BCUT2D eigenvalue weighted by molar-refractivity contribution is -0.169. The van der Waals surface area contributed by atoms with Crippen molar-refractivity contribution in [3.8, 4) is 0 Å². The van der Waals surface area contributed by atoms with Crippen LogP contribution in [0.3, 0.4) is 0 Å². The Morgan fingerprint density at radius 2 is 1.86 bits per heavy atom. The average Bonchev–Trinajstić information content (AvgIpc) is 2.65. The molecule has 1 aliphatic heterocycles. The lowest BCUT2D eigenvalue weighted by atomic mass is 9.86. The van der Waals surface area contributed by atoms with Gasteiger partial charge in [0.15, 0.2) is 11.2 Å². The molecule has 0 aliphatic carbocycles. The summed E-state index contributed by atoms with van der Waals surface area (Å²) >= 11 is 1.03. The molecule has 0 bridgehead atoms. The second-order valence-electron chi connectivity index (χ2n) is 6.98. The summed E-state index contributed by atoms with van der Waals surface area (Å²) in [6.45, 7) is 5.18. The summed E-state index contributed by atoms with van der Waals surface area (Å²) in [7, 11) is 0. The van der Waals surface area contributed by atoms with Crippen LogP contribution in [0.2, 0.25) is 0 Å². The number of amides is 2. The van der Waals surface area contributed by atoms with Gasteiger partial charge < -0.3 is 20.1 Å². The topological polar surface area (TPSA) is 128 Å². The van der Waals surface area contributed by atoms with E-state index >= 15 is 0 Å². The molecule has 0 spiro atoms. The van der Waals surface area contributed by atoms with Gasteiger partial charge in [-0.25, -0.2) is 0 Å². The van der Waals surface area contributed by atoms with Crippen molar-refractivity contribution in [3.63, 3.8) is 0 Å². The highest BCUT2D eigenvalue weighted by molar-refractivity contribution is 8.13. The number of thioether (sulfide) groups is 1. The van der Waals surface area contributed by atoms with E-state index in [1.165, 1.54) is 0 Å². The maximum absolute atomic E-state index is 12.6. The highest BCUT2D eigenvalue weighted by Gasteiger charge is 2.39. The van der Waals surface area contributed by atoms with E-state index in [0.717, 1.165) is 11.8 Å². The zero-order valence-electron chi connectivity index (χ0n) is 16.5. The number of hydrogen-bond donors (Lipinski definition) is 2. The van der Waals surface area contributed by atoms with E-state index in [4.69, 9.17) is 9.47 Å². The number of carbonyl (C=O) groups is 5. The van der Waals surface area contributed by atoms with Crippen LogP contribution in [0.1, 0.15) is 46.5 Å². The minimum absolute atomic E-state index is 0.0307. The molecule has 1 saturated heterocycles. The van der Waals surface area contributed by atoms with Gasteiger partial charge in [-0.3, -0.25) is 24.0 Å². The molecule has 2 N–H and O–H groups in total. The maximum Gasteiger partial charge on any atom is 0.307 e. The first-order chi connectivity index (χ1) is 13.2. The summed E-state index contributed by atoms with van der Waals surface area (Å²) in [6.07, 6.45) is -1.19. The van der Waals surface area contributed by atoms with Gasteiger partial charge in [-0.2, -0.15) is 0 Å². The molecule has 0 aromatic heterocycles. The van der Waals surface area contributed by atoms with Crippen molar-refractivity contribution < 1.29 is 33.4 Å². The molecule has 9 nitrogen and oxygen atoms in total. The fourth-order valence-corrected chi connectivity index (χ4v) is 2.99. The lowest BCUT2D eigenvalue weighted by Crippen LogP contribution is -2.49. The third-order valence-corrected chi connectivity index (χ3v) is 4.90. The van der Waals surface area contributed by atoms with Crippen molar-refractivity contribution >= 4 is 40.6 Å². The third kappa shape index (κ3) is 8.73. The fraction of sp³-hybridized carbons (Fsp3) is 0.722. The summed E-state index contributed by atoms with van der Waals surface area (Å²) in [5.74, 6) is -1.56. The number of hydrogen-bond acceptors (Lipinski definition) is 8. The normalized spacial score (nSPS) is 20.9. The average molecular weight is 416 g/mol. The first kappa shape index (κ1) is 23.9. The zero-order chi connectivity index (χ0) is 21.2. The minimum atomic E-state index is -1.24. The molecular formula is C18H28N2O7S. The molecule has 1 fully saturated rings. The van der Waals surface area contributed by atoms with Crippen LogP contribution < -0.4 is 10.6 Å². The molecule has 0 unspecified atom stereocenters. The minimum Gasteiger partial charge on any atom is -0.465 e. The van der Waals surface area contributed by atoms with Crippen molar-refractivity contribution in [3.05, 3.63) is 0 Å². The summed E-state index contributed by atoms with van der Waals surface area (Å²) in [4.78, 5) is 59.8. The summed E-state index contributed by atoms with van der Waals surface area (Å²) < 4.78 is 10.5. The number of esters is 2. The molecule has 28 heavy (non-hydrogen) atoms. The van der Waals surface area contributed by atoms with Crippen molar-refractivity contribution in [1.29, 1.82) is 0 Å². The molecule has 0 aromatic rings. The molecule has 2 amide bonds. The van der Waals surface area contributed by atoms with Crippen LogP contribution in [0.4, 0.5) is 0 Å². The molecular weight excluding hydrogens is 388 g/mol. The second kappa shape index (κ2) is 11.7. The van der Waals surface area contributed by atoms with Crippen molar-refractivity contribution in [2.75, 3.05) is 25.4 Å². The Balaban J connectivity index is 2.90. The predicted molar refractivity (Wildman–Crippen MR) is 102 cm³/mol. The second-order valence-corrected chi connectivity index (χ2v) is 8.14. The smallest absolute Gasteiger partial charge is 0.307 e. The summed E-state index contributed by atoms with van der Waals surface area (Å²) in [5, 5.41) is 5.04. The Morgan fingerprint density at radius 1 is 1.14 bits per heavy atom. The molecule has 1 aliphatic rings. The van der Waals surface area contributed by atoms with E-state index in [1.807, 2.05) is 0 Å². The van der Waals surface area contributed by atoms with E-state index < -0.39 is 29.4 Å². The molecule has 1 heterocycles. The van der Waals surface area contributed by atoms with Crippen molar-refractivity contribution in [1.82, 2.24) is 10.6 Å². The van der Waals surface area contributed by atoms with Gasteiger partial charge in [-0.1, -0.05) is 32.5 Å². The monoisotopic (exact) mass is 416 g/mol. The Kier molecular flexibility index (Phi) is 9.98. The molecule has 10 heteroatoms. The van der Waals surface area contributed by atoms with Crippen LogP contribution in [0, 0.1) is 5.41 Å². The number of rotatable bonds is 4. The maximum atomic E-state index is 12.6. The van der Waals surface area contributed by atoms with Gasteiger partial charge in [0.05, 0.1) is 6.42 Å². The largest absolute Gasteiger partial charge is 0.465 e. The molecule has 0 radical (unpaired) electrons. The highest BCUT2D eigenvalue weighted by atomic mass is 32.2. The van der Waals surface area contributed by atoms with Gasteiger partial charge in [0.2, 0.25) is 5.91 Å². The standard InChI is InChI=1S/C18H28N2O7S/c1-4-13(22)26-11-18(2,3)16-17(25)20-8-7-12(21)19-9-10-28-15(24)6-5-14(23)27-16/h16H,4-11H2,1-3H3,(H,19,21)(H,20,25)/t16-/m0/s1. The fourth-order valence-electron chi connectivity index (χ4n) is 2.31. The SMILES string of the molecule is CCC(=O)OCC(C)(C)[C@H]1OC(=O)CCC(=O)SCCNC(=O)CCNC1=O. The molecule has 158 valence electrons.